The molecule has 1 aromatic carbocycles. The molecule has 1 aliphatic carbocycles. The molecule has 3 rings (SSSR count). The second kappa shape index (κ2) is 5.40. The minimum absolute atomic E-state index is 0.0562. The second-order valence-corrected chi connectivity index (χ2v) is 7.30. The molecule has 1 heterocycles. The lowest BCUT2D eigenvalue weighted by atomic mass is 9.93. The Morgan fingerprint density at radius 1 is 1.29 bits per heavy atom. The van der Waals surface area contributed by atoms with E-state index in [-0.39, 0.29) is 22.5 Å². The molecule has 0 bridgehead atoms. The molecule has 4 N–H and O–H groups in total. The van der Waals surface area contributed by atoms with Crippen molar-refractivity contribution in [3.05, 3.63) is 24.3 Å². The first-order chi connectivity index (χ1) is 9.97. The number of anilines is 1. The highest BCUT2D eigenvalue weighted by Gasteiger charge is 2.42. The van der Waals surface area contributed by atoms with Crippen molar-refractivity contribution < 1.29 is 13.2 Å². The fraction of sp³-hybridized carbons (Fsp3) is 0.500. The molecule has 114 valence electrons. The van der Waals surface area contributed by atoms with Crippen LogP contribution in [-0.4, -0.2) is 26.9 Å². The van der Waals surface area contributed by atoms with E-state index in [0.29, 0.717) is 11.8 Å². The smallest absolute Gasteiger partial charge is 0.241 e. The number of amides is 1. The first kappa shape index (κ1) is 14.5. The molecule has 21 heavy (non-hydrogen) atoms. The van der Waals surface area contributed by atoms with E-state index in [9.17, 15) is 13.2 Å². The summed E-state index contributed by atoms with van der Waals surface area (Å²) in [4.78, 5) is 12.4. The van der Waals surface area contributed by atoms with Gasteiger partial charge in [0, 0.05) is 0 Å². The molecule has 3 unspecified atom stereocenters. The van der Waals surface area contributed by atoms with Gasteiger partial charge in [-0.15, -0.1) is 0 Å². The van der Waals surface area contributed by atoms with Gasteiger partial charge in [0.1, 0.15) is 4.90 Å². The number of carbonyl (C=O) groups excluding carboxylic acids is 1. The SMILES string of the molecule is NS(=O)(=O)c1ccccc1NC(=O)C1NCC2CCCC21. The van der Waals surface area contributed by atoms with E-state index in [4.69, 9.17) is 5.14 Å². The van der Waals surface area contributed by atoms with Gasteiger partial charge in [0.05, 0.1) is 11.7 Å². The van der Waals surface area contributed by atoms with Crippen LogP contribution in [0.5, 0.6) is 0 Å². The summed E-state index contributed by atoms with van der Waals surface area (Å²) in [7, 11) is -3.86. The molecule has 2 aliphatic rings. The highest BCUT2D eigenvalue weighted by Crippen LogP contribution is 2.38. The first-order valence-corrected chi connectivity index (χ1v) is 8.67. The standard InChI is InChI=1S/C14H19N3O3S/c15-21(19,20)12-7-2-1-6-11(12)17-14(18)13-10-5-3-4-9(10)8-16-13/h1-2,6-7,9-10,13,16H,3-5,8H2,(H,17,18)(H2,15,19,20). The molecular weight excluding hydrogens is 290 g/mol. The van der Waals surface area contributed by atoms with Gasteiger partial charge in [-0.3, -0.25) is 4.79 Å². The van der Waals surface area contributed by atoms with E-state index in [2.05, 4.69) is 10.6 Å². The average molecular weight is 309 g/mol. The maximum absolute atomic E-state index is 12.4. The molecule has 1 saturated carbocycles. The van der Waals surface area contributed by atoms with Crippen molar-refractivity contribution in [2.45, 2.75) is 30.2 Å². The number of para-hydroxylation sites is 1. The molecule has 0 spiro atoms. The molecule has 2 fully saturated rings. The summed E-state index contributed by atoms with van der Waals surface area (Å²) in [6.45, 7) is 0.861. The van der Waals surface area contributed by atoms with Crippen LogP contribution in [0.2, 0.25) is 0 Å². The zero-order valence-electron chi connectivity index (χ0n) is 11.6. The summed E-state index contributed by atoms with van der Waals surface area (Å²) in [5, 5.41) is 11.1. The Balaban J connectivity index is 1.80. The Morgan fingerprint density at radius 2 is 2.05 bits per heavy atom. The van der Waals surface area contributed by atoms with Crippen LogP contribution in [0.3, 0.4) is 0 Å². The van der Waals surface area contributed by atoms with E-state index in [0.717, 1.165) is 25.8 Å². The lowest BCUT2D eigenvalue weighted by molar-refractivity contribution is -0.118. The highest BCUT2D eigenvalue weighted by molar-refractivity contribution is 7.89. The third-order valence-electron chi connectivity index (χ3n) is 4.48. The van der Waals surface area contributed by atoms with Gasteiger partial charge in [-0.05, 0) is 43.4 Å². The number of rotatable bonds is 3. The van der Waals surface area contributed by atoms with Gasteiger partial charge >= 0.3 is 0 Å². The van der Waals surface area contributed by atoms with Gasteiger partial charge in [0.15, 0.2) is 0 Å². The molecule has 0 aromatic heterocycles. The van der Waals surface area contributed by atoms with Crippen molar-refractivity contribution in [3.8, 4) is 0 Å². The Kier molecular flexibility index (Phi) is 3.73. The Hall–Kier alpha value is -1.44. The first-order valence-electron chi connectivity index (χ1n) is 7.13. The van der Waals surface area contributed by atoms with Gasteiger partial charge in [-0.1, -0.05) is 18.6 Å². The fourth-order valence-corrected chi connectivity index (χ4v) is 4.20. The summed E-state index contributed by atoms with van der Waals surface area (Å²) >= 11 is 0. The van der Waals surface area contributed by atoms with Crippen molar-refractivity contribution in [1.29, 1.82) is 0 Å². The topological polar surface area (TPSA) is 101 Å². The molecule has 1 aliphatic heterocycles. The zero-order valence-corrected chi connectivity index (χ0v) is 12.4. The van der Waals surface area contributed by atoms with E-state index < -0.39 is 10.0 Å². The maximum Gasteiger partial charge on any atom is 0.241 e. The van der Waals surface area contributed by atoms with E-state index in [1.54, 1.807) is 18.2 Å². The third-order valence-corrected chi connectivity index (χ3v) is 5.45. The van der Waals surface area contributed by atoms with Crippen molar-refractivity contribution in [2.75, 3.05) is 11.9 Å². The lowest BCUT2D eigenvalue weighted by Crippen LogP contribution is -2.40. The minimum atomic E-state index is -3.86. The van der Waals surface area contributed by atoms with Crippen molar-refractivity contribution >= 4 is 21.6 Å². The summed E-state index contributed by atoms with van der Waals surface area (Å²) in [5.41, 5.74) is 0.244. The van der Waals surface area contributed by atoms with Crippen LogP contribution in [0.4, 0.5) is 5.69 Å². The van der Waals surface area contributed by atoms with Crippen LogP contribution in [0.25, 0.3) is 0 Å². The number of nitrogens with two attached hydrogens (primary N) is 1. The maximum atomic E-state index is 12.4. The van der Waals surface area contributed by atoms with Gasteiger partial charge in [-0.25, -0.2) is 13.6 Å². The summed E-state index contributed by atoms with van der Waals surface area (Å²) in [6, 6.07) is 5.96. The molecule has 7 heteroatoms. The van der Waals surface area contributed by atoms with E-state index >= 15 is 0 Å². The Morgan fingerprint density at radius 3 is 2.81 bits per heavy atom. The zero-order chi connectivity index (χ0) is 15.0. The fourth-order valence-electron chi connectivity index (χ4n) is 3.50. The number of hydrogen-bond donors (Lipinski definition) is 3. The predicted octanol–water partition coefficient (Wildman–Crippen LogP) is 0.661. The normalized spacial score (nSPS) is 28.3. The van der Waals surface area contributed by atoms with Crippen molar-refractivity contribution in [2.24, 2.45) is 17.0 Å². The number of carbonyl (C=O) groups is 1. The number of benzene rings is 1. The van der Waals surface area contributed by atoms with Crippen molar-refractivity contribution in [3.63, 3.8) is 0 Å². The van der Waals surface area contributed by atoms with Crippen molar-refractivity contribution in [1.82, 2.24) is 5.32 Å². The molecule has 1 aromatic rings. The van der Waals surface area contributed by atoms with Crippen LogP contribution in [0, 0.1) is 11.8 Å². The molecule has 1 saturated heterocycles. The second-order valence-electron chi connectivity index (χ2n) is 5.77. The molecule has 3 atom stereocenters. The molecular formula is C14H19N3O3S. The summed E-state index contributed by atoms with van der Waals surface area (Å²) in [5.74, 6) is 0.737. The quantitative estimate of drug-likeness (QED) is 0.763. The van der Waals surface area contributed by atoms with Crippen LogP contribution >= 0.6 is 0 Å². The van der Waals surface area contributed by atoms with E-state index in [1.165, 1.54) is 6.07 Å². The number of sulfonamides is 1. The molecule has 0 radical (unpaired) electrons. The largest absolute Gasteiger partial charge is 0.323 e. The number of fused-ring (bicyclic) bond motifs is 1. The third kappa shape index (κ3) is 2.81. The van der Waals surface area contributed by atoms with Crippen LogP contribution in [0.1, 0.15) is 19.3 Å². The predicted molar refractivity (Wildman–Crippen MR) is 79.1 cm³/mol. The Labute approximate surface area is 124 Å². The van der Waals surface area contributed by atoms with Crippen LogP contribution < -0.4 is 15.8 Å². The number of hydrogen-bond acceptors (Lipinski definition) is 4. The van der Waals surface area contributed by atoms with Gasteiger partial charge in [0.25, 0.3) is 0 Å². The van der Waals surface area contributed by atoms with Gasteiger partial charge in [0.2, 0.25) is 15.9 Å². The van der Waals surface area contributed by atoms with E-state index in [1.807, 2.05) is 0 Å². The van der Waals surface area contributed by atoms with Crippen LogP contribution in [-0.2, 0) is 14.8 Å². The monoisotopic (exact) mass is 309 g/mol. The lowest BCUT2D eigenvalue weighted by Gasteiger charge is -2.18. The number of nitrogens with one attached hydrogen (secondary N) is 2. The molecule has 6 nitrogen and oxygen atoms in total. The molecule has 1 amide bonds. The highest BCUT2D eigenvalue weighted by atomic mass is 32.2. The summed E-state index contributed by atoms with van der Waals surface area (Å²) < 4.78 is 23.1. The average Bonchev–Trinajstić information content (AvgIpc) is 2.99. The Bertz CT molecular complexity index is 659. The minimum Gasteiger partial charge on any atom is -0.323 e. The van der Waals surface area contributed by atoms with Crippen LogP contribution in [0.15, 0.2) is 29.2 Å². The van der Waals surface area contributed by atoms with Gasteiger partial charge < -0.3 is 10.6 Å². The summed E-state index contributed by atoms with van der Waals surface area (Å²) in [6.07, 6.45) is 3.37. The van der Waals surface area contributed by atoms with Gasteiger partial charge in [-0.2, -0.15) is 0 Å². The number of primary sulfonamides is 1.